The molecule has 0 aliphatic heterocycles. The van der Waals surface area contributed by atoms with Crippen LogP contribution in [0.15, 0.2) is 30.5 Å². The van der Waals surface area contributed by atoms with Gasteiger partial charge in [0.1, 0.15) is 11.5 Å². The van der Waals surface area contributed by atoms with Crippen molar-refractivity contribution in [3.63, 3.8) is 0 Å². The first kappa shape index (κ1) is 14.7. The van der Waals surface area contributed by atoms with Gasteiger partial charge < -0.3 is 0 Å². The normalized spacial score (nSPS) is 10.9. The zero-order chi connectivity index (χ0) is 14.2. The van der Waals surface area contributed by atoms with Crippen LogP contribution in [-0.2, 0) is 6.54 Å². The van der Waals surface area contributed by atoms with Gasteiger partial charge in [0.2, 0.25) is 0 Å². The number of hydrogen-bond acceptors (Lipinski definition) is 2. The molecular weight excluding hydrogens is 253 g/mol. The number of halogens is 1. The van der Waals surface area contributed by atoms with Crippen LogP contribution in [0.2, 0.25) is 0 Å². The molecule has 3 nitrogen and oxygen atoms in total. The van der Waals surface area contributed by atoms with Crippen LogP contribution < -0.4 is 0 Å². The second kappa shape index (κ2) is 7.78. The summed E-state index contributed by atoms with van der Waals surface area (Å²) in [5.74, 6) is -0.228. The number of hydrogen-bond donors (Lipinski definition) is 0. The van der Waals surface area contributed by atoms with Crippen molar-refractivity contribution in [2.75, 3.05) is 0 Å². The molecule has 2 aromatic rings. The summed E-state index contributed by atoms with van der Waals surface area (Å²) in [4.78, 5) is 0. The lowest BCUT2D eigenvalue weighted by Crippen LogP contribution is -1.98. The van der Waals surface area contributed by atoms with E-state index in [-0.39, 0.29) is 5.82 Å². The van der Waals surface area contributed by atoms with E-state index >= 15 is 0 Å². The molecule has 0 saturated heterocycles. The van der Waals surface area contributed by atoms with Crippen molar-refractivity contribution in [3.05, 3.63) is 36.3 Å². The first-order valence-electron chi connectivity index (χ1n) is 7.45. The van der Waals surface area contributed by atoms with Crippen molar-refractivity contribution in [2.45, 2.75) is 52.0 Å². The molecule has 1 aromatic carbocycles. The number of aryl methyl sites for hydroxylation is 1. The molecule has 20 heavy (non-hydrogen) atoms. The number of aromatic nitrogens is 3. The Morgan fingerprint density at radius 2 is 1.70 bits per heavy atom. The fourth-order valence-corrected chi connectivity index (χ4v) is 2.21. The van der Waals surface area contributed by atoms with Gasteiger partial charge in [-0.25, -0.2) is 4.39 Å². The molecule has 0 N–H and O–H groups in total. The summed E-state index contributed by atoms with van der Waals surface area (Å²) < 4.78 is 14.7. The molecule has 4 heteroatoms. The monoisotopic (exact) mass is 275 g/mol. The van der Waals surface area contributed by atoms with Gasteiger partial charge >= 0.3 is 0 Å². The van der Waals surface area contributed by atoms with Gasteiger partial charge in [-0.1, -0.05) is 44.2 Å². The molecule has 0 amide bonds. The molecule has 0 radical (unpaired) electrons. The van der Waals surface area contributed by atoms with E-state index in [0.29, 0.717) is 0 Å². The Bertz CT molecular complexity index is 505. The minimum Gasteiger partial charge on any atom is -0.252 e. The summed E-state index contributed by atoms with van der Waals surface area (Å²) in [7, 11) is 0. The third kappa shape index (κ3) is 4.44. The summed E-state index contributed by atoms with van der Waals surface area (Å²) in [6, 6.07) is 6.35. The Labute approximate surface area is 119 Å². The Morgan fingerprint density at radius 3 is 2.45 bits per heavy atom. The number of unbranched alkanes of at least 4 members (excludes halogenated alkanes) is 5. The average molecular weight is 275 g/mol. The van der Waals surface area contributed by atoms with Crippen molar-refractivity contribution in [2.24, 2.45) is 0 Å². The largest absolute Gasteiger partial charge is 0.252 e. The predicted octanol–water partition coefficient (Wildman–Crippen LogP) is 4.44. The van der Waals surface area contributed by atoms with Gasteiger partial charge in [-0.05, 0) is 30.7 Å². The highest BCUT2D eigenvalue weighted by molar-refractivity contribution is 5.57. The van der Waals surface area contributed by atoms with Crippen LogP contribution in [0.1, 0.15) is 45.4 Å². The first-order chi connectivity index (χ1) is 9.79. The highest BCUT2D eigenvalue weighted by atomic mass is 19.1. The highest BCUT2D eigenvalue weighted by Gasteiger charge is 2.03. The summed E-state index contributed by atoms with van der Waals surface area (Å²) in [5, 5.41) is 8.26. The number of nitrogens with zero attached hydrogens (tertiary/aromatic N) is 3. The molecule has 2 rings (SSSR count). The maximum atomic E-state index is 12.9. The molecule has 0 fully saturated rings. The molecule has 1 aromatic heterocycles. The maximum Gasteiger partial charge on any atom is 0.123 e. The Hall–Kier alpha value is -1.71. The van der Waals surface area contributed by atoms with Gasteiger partial charge in [-0.2, -0.15) is 0 Å². The van der Waals surface area contributed by atoms with Gasteiger partial charge in [0.25, 0.3) is 0 Å². The Balaban J connectivity index is 1.79. The molecule has 0 aliphatic carbocycles. The quantitative estimate of drug-likeness (QED) is 0.667. The molecule has 0 saturated carbocycles. The molecule has 0 spiro atoms. The Morgan fingerprint density at radius 1 is 1.00 bits per heavy atom. The molecule has 0 bridgehead atoms. The smallest absolute Gasteiger partial charge is 0.123 e. The van der Waals surface area contributed by atoms with Gasteiger partial charge in [0.15, 0.2) is 0 Å². The minimum atomic E-state index is -0.228. The molecule has 0 atom stereocenters. The highest BCUT2D eigenvalue weighted by Crippen LogP contribution is 2.16. The number of benzene rings is 1. The van der Waals surface area contributed by atoms with Crippen LogP contribution in [0.5, 0.6) is 0 Å². The third-order valence-corrected chi connectivity index (χ3v) is 3.42. The second-order valence-corrected chi connectivity index (χ2v) is 5.14. The van der Waals surface area contributed by atoms with Crippen LogP contribution in [0.4, 0.5) is 4.39 Å². The lowest BCUT2D eigenvalue weighted by Gasteiger charge is -2.00. The molecule has 108 valence electrons. The van der Waals surface area contributed by atoms with Crippen molar-refractivity contribution in [1.29, 1.82) is 0 Å². The predicted molar refractivity (Wildman–Crippen MR) is 78.8 cm³/mol. The van der Waals surface area contributed by atoms with E-state index in [1.54, 1.807) is 12.1 Å². The van der Waals surface area contributed by atoms with Gasteiger partial charge in [-0.3, -0.25) is 4.68 Å². The van der Waals surface area contributed by atoms with E-state index < -0.39 is 0 Å². The van der Waals surface area contributed by atoms with E-state index in [1.807, 2.05) is 10.9 Å². The maximum absolute atomic E-state index is 12.9. The summed E-state index contributed by atoms with van der Waals surface area (Å²) >= 11 is 0. The van der Waals surface area contributed by atoms with Crippen molar-refractivity contribution in [1.82, 2.24) is 15.0 Å². The summed E-state index contributed by atoms with van der Waals surface area (Å²) in [5.41, 5.74) is 1.71. The lowest BCUT2D eigenvalue weighted by atomic mass is 10.1. The zero-order valence-electron chi connectivity index (χ0n) is 12.1. The Kier molecular flexibility index (Phi) is 5.71. The fourth-order valence-electron chi connectivity index (χ4n) is 2.21. The molecule has 0 unspecified atom stereocenters. The van der Waals surface area contributed by atoms with Crippen molar-refractivity contribution in [3.8, 4) is 11.3 Å². The number of rotatable bonds is 8. The van der Waals surface area contributed by atoms with E-state index in [1.165, 1.54) is 44.2 Å². The van der Waals surface area contributed by atoms with E-state index in [2.05, 4.69) is 17.2 Å². The van der Waals surface area contributed by atoms with E-state index in [4.69, 9.17) is 0 Å². The second-order valence-electron chi connectivity index (χ2n) is 5.14. The van der Waals surface area contributed by atoms with Gasteiger partial charge in [0, 0.05) is 12.1 Å². The SMILES string of the molecule is CCCCCCCCn1cc(-c2ccc(F)cc2)nn1. The van der Waals surface area contributed by atoms with Crippen LogP contribution in [0.3, 0.4) is 0 Å². The molecular formula is C16H22FN3. The summed E-state index contributed by atoms with van der Waals surface area (Å²) in [6.45, 7) is 3.13. The average Bonchev–Trinajstić information content (AvgIpc) is 2.92. The van der Waals surface area contributed by atoms with Gasteiger partial charge in [0.05, 0.1) is 6.20 Å². The van der Waals surface area contributed by atoms with Crippen molar-refractivity contribution < 1.29 is 4.39 Å². The van der Waals surface area contributed by atoms with Crippen molar-refractivity contribution >= 4 is 0 Å². The first-order valence-corrected chi connectivity index (χ1v) is 7.45. The molecule has 1 heterocycles. The lowest BCUT2D eigenvalue weighted by molar-refractivity contribution is 0.516. The van der Waals surface area contributed by atoms with E-state index in [9.17, 15) is 4.39 Å². The summed E-state index contributed by atoms with van der Waals surface area (Å²) in [6.07, 6.45) is 9.55. The molecule has 0 aliphatic rings. The van der Waals surface area contributed by atoms with Gasteiger partial charge in [-0.15, -0.1) is 5.10 Å². The standard InChI is InChI=1S/C16H22FN3/c1-2-3-4-5-6-7-12-20-13-16(18-19-20)14-8-10-15(17)11-9-14/h8-11,13H,2-7,12H2,1H3. The van der Waals surface area contributed by atoms with Crippen LogP contribution in [0, 0.1) is 5.82 Å². The zero-order valence-corrected chi connectivity index (χ0v) is 12.1. The minimum absolute atomic E-state index is 0.228. The van der Waals surface area contributed by atoms with Crippen LogP contribution in [0.25, 0.3) is 11.3 Å². The van der Waals surface area contributed by atoms with Crippen LogP contribution >= 0.6 is 0 Å². The van der Waals surface area contributed by atoms with Crippen LogP contribution in [-0.4, -0.2) is 15.0 Å². The topological polar surface area (TPSA) is 30.7 Å². The fraction of sp³-hybridized carbons (Fsp3) is 0.500. The third-order valence-electron chi connectivity index (χ3n) is 3.42. The van der Waals surface area contributed by atoms with E-state index in [0.717, 1.165) is 24.2 Å².